The number of nitrogens with zero attached hydrogens (tertiary/aromatic N) is 2. The molecule has 124 valence electrons. The van der Waals surface area contributed by atoms with Crippen LogP contribution in [0.1, 0.15) is 18.9 Å². The number of hydrogen-bond donors (Lipinski definition) is 0. The summed E-state index contributed by atoms with van der Waals surface area (Å²) < 4.78 is 6.60. The van der Waals surface area contributed by atoms with Crippen LogP contribution in [0.25, 0.3) is 0 Å². The molecular weight excluding hydrogens is 384 g/mol. The van der Waals surface area contributed by atoms with Crippen molar-refractivity contribution in [3.63, 3.8) is 0 Å². The number of hydrogen-bond acceptors (Lipinski definition) is 3. The van der Waals surface area contributed by atoms with Gasteiger partial charge in [0.15, 0.2) is 6.10 Å². The van der Waals surface area contributed by atoms with E-state index >= 15 is 0 Å². The van der Waals surface area contributed by atoms with Crippen LogP contribution in [0.2, 0.25) is 5.02 Å². The average Bonchev–Trinajstić information content (AvgIpc) is 2.98. The van der Waals surface area contributed by atoms with Gasteiger partial charge >= 0.3 is 0 Å². The maximum absolute atomic E-state index is 12.7. The van der Waals surface area contributed by atoms with E-state index in [2.05, 4.69) is 15.9 Å². The summed E-state index contributed by atoms with van der Waals surface area (Å²) in [5.74, 6) is 0.820. The molecule has 0 N–H and O–H groups in total. The normalized spacial score (nSPS) is 20.2. The third-order valence-corrected chi connectivity index (χ3v) is 5.08. The molecule has 1 saturated heterocycles. The Kier molecular flexibility index (Phi) is 4.82. The maximum Gasteiger partial charge on any atom is 0.264 e. The molecule has 2 amide bonds. The monoisotopic (exact) mass is 400 g/mol. The van der Waals surface area contributed by atoms with Crippen LogP contribution < -0.4 is 4.74 Å². The first-order valence-corrected chi connectivity index (χ1v) is 8.87. The van der Waals surface area contributed by atoms with Crippen LogP contribution in [0.3, 0.4) is 0 Å². The summed E-state index contributed by atoms with van der Waals surface area (Å²) >= 11 is 9.47. The summed E-state index contributed by atoms with van der Waals surface area (Å²) in [6.07, 6.45) is 0.527. The Morgan fingerprint density at radius 2 is 1.91 bits per heavy atom. The molecule has 0 bridgehead atoms. The van der Waals surface area contributed by atoms with Crippen LogP contribution in [-0.4, -0.2) is 53.9 Å². The number of amides is 2. The molecule has 1 aromatic carbocycles. The number of ether oxygens (including phenoxy) is 1. The Morgan fingerprint density at radius 1 is 1.26 bits per heavy atom. The van der Waals surface area contributed by atoms with Gasteiger partial charge in [0.25, 0.3) is 5.91 Å². The number of benzene rings is 1. The molecule has 0 radical (unpaired) electrons. The van der Waals surface area contributed by atoms with E-state index in [0.29, 0.717) is 49.8 Å². The lowest BCUT2D eigenvalue weighted by Crippen LogP contribution is -2.53. The number of fused-ring (bicyclic) bond motifs is 1. The highest BCUT2D eigenvalue weighted by atomic mass is 79.9. The van der Waals surface area contributed by atoms with Crippen molar-refractivity contribution in [2.24, 2.45) is 0 Å². The first-order valence-electron chi connectivity index (χ1n) is 7.70. The minimum atomic E-state index is -0.506. The molecule has 1 atom stereocenters. The summed E-state index contributed by atoms with van der Waals surface area (Å²) in [6, 6.07) is 3.61. The minimum absolute atomic E-state index is 0.0205. The van der Waals surface area contributed by atoms with Crippen LogP contribution in [0, 0.1) is 0 Å². The Labute approximate surface area is 148 Å². The van der Waals surface area contributed by atoms with Gasteiger partial charge in [-0.05, 0) is 28.1 Å². The van der Waals surface area contributed by atoms with Crippen LogP contribution in [0.15, 0.2) is 16.6 Å². The van der Waals surface area contributed by atoms with Crippen molar-refractivity contribution in [2.75, 3.05) is 26.2 Å². The SMILES string of the molecule is CCC(=O)N1CCN(C(=O)C2Cc3cc(Cl)cc(Br)c3O2)CC1. The van der Waals surface area contributed by atoms with Crippen LogP contribution in [-0.2, 0) is 16.0 Å². The predicted molar refractivity (Wildman–Crippen MR) is 90.7 cm³/mol. The van der Waals surface area contributed by atoms with Crippen molar-refractivity contribution < 1.29 is 14.3 Å². The molecule has 1 aromatic rings. The van der Waals surface area contributed by atoms with Crippen molar-refractivity contribution >= 4 is 39.3 Å². The summed E-state index contributed by atoms with van der Waals surface area (Å²) in [7, 11) is 0. The summed E-state index contributed by atoms with van der Waals surface area (Å²) in [5, 5.41) is 0.624. The van der Waals surface area contributed by atoms with Gasteiger partial charge in [0, 0.05) is 49.6 Å². The summed E-state index contributed by atoms with van der Waals surface area (Å²) in [5.41, 5.74) is 0.947. The molecule has 0 aliphatic carbocycles. The molecule has 23 heavy (non-hydrogen) atoms. The maximum atomic E-state index is 12.7. The molecule has 7 heteroatoms. The lowest BCUT2D eigenvalue weighted by molar-refractivity contribution is -0.143. The molecule has 0 spiro atoms. The van der Waals surface area contributed by atoms with Gasteiger partial charge in [-0.3, -0.25) is 9.59 Å². The second kappa shape index (κ2) is 6.69. The number of carbonyl (C=O) groups is 2. The van der Waals surface area contributed by atoms with Gasteiger partial charge in [-0.1, -0.05) is 18.5 Å². The van der Waals surface area contributed by atoms with E-state index in [-0.39, 0.29) is 11.8 Å². The minimum Gasteiger partial charge on any atom is -0.479 e. The lowest BCUT2D eigenvalue weighted by Gasteiger charge is -2.35. The molecule has 0 aromatic heterocycles. The lowest BCUT2D eigenvalue weighted by atomic mass is 10.1. The van der Waals surface area contributed by atoms with Crippen LogP contribution in [0.4, 0.5) is 0 Å². The fraction of sp³-hybridized carbons (Fsp3) is 0.500. The number of carbonyl (C=O) groups excluding carboxylic acids is 2. The zero-order chi connectivity index (χ0) is 16.6. The van der Waals surface area contributed by atoms with Crippen molar-refractivity contribution in [3.05, 3.63) is 27.2 Å². The van der Waals surface area contributed by atoms with Gasteiger partial charge in [-0.25, -0.2) is 0 Å². The highest BCUT2D eigenvalue weighted by Crippen LogP contribution is 2.38. The number of rotatable bonds is 2. The predicted octanol–water partition coefficient (Wildman–Crippen LogP) is 2.49. The van der Waals surface area contributed by atoms with Crippen LogP contribution in [0.5, 0.6) is 5.75 Å². The molecule has 2 aliphatic heterocycles. The largest absolute Gasteiger partial charge is 0.479 e. The molecule has 2 heterocycles. The van der Waals surface area contributed by atoms with Crippen molar-refractivity contribution in [3.8, 4) is 5.75 Å². The third kappa shape index (κ3) is 3.33. The van der Waals surface area contributed by atoms with Crippen molar-refractivity contribution in [2.45, 2.75) is 25.9 Å². The topological polar surface area (TPSA) is 49.9 Å². The second-order valence-corrected chi connectivity index (χ2v) is 7.04. The summed E-state index contributed by atoms with van der Waals surface area (Å²) in [6.45, 7) is 4.15. The van der Waals surface area contributed by atoms with E-state index in [4.69, 9.17) is 16.3 Å². The van der Waals surface area contributed by atoms with E-state index in [0.717, 1.165) is 10.0 Å². The van der Waals surface area contributed by atoms with E-state index < -0.39 is 6.10 Å². The second-order valence-electron chi connectivity index (χ2n) is 5.75. The zero-order valence-corrected chi connectivity index (χ0v) is 15.2. The standard InChI is InChI=1S/C16H18BrClN2O3/c1-2-14(21)19-3-5-20(6-4-19)16(22)13-8-10-7-11(18)9-12(17)15(10)23-13/h7,9,13H,2-6,8H2,1H3. The van der Waals surface area contributed by atoms with Gasteiger partial charge < -0.3 is 14.5 Å². The van der Waals surface area contributed by atoms with E-state index in [1.807, 2.05) is 17.9 Å². The molecule has 0 saturated carbocycles. The first kappa shape index (κ1) is 16.6. The first-order chi connectivity index (χ1) is 11.0. The Balaban J connectivity index is 1.63. The average molecular weight is 402 g/mol. The van der Waals surface area contributed by atoms with Crippen molar-refractivity contribution in [1.82, 2.24) is 9.80 Å². The molecular formula is C16H18BrClN2O3. The Bertz CT molecular complexity index is 644. The molecule has 3 rings (SSSR count). The van der Waals surface area contributed by atoms with E-state index in [1.165, 1.54) is 0 Å². The Morgan fingerprint density at radius 3 is 2.57 bits per heavy atom. The quantitative estimate of drug-likeness (QED) is 0.765. The molecule has 2 aliphatic rings. The zero-order valence-electron chi connectivity index (χ0n) is 12.8. The molecule has 1 fully saturated rings. The van der Waals surface area contributed by atoms with Gasteiger partial charge in [0.2, 0.25) is 5.91 Å². The molecule has 5 nitrogen and oxygen atoms in total. The number of piperazine rings is 1. The van der Waals surface area contributed by atoms with E-state index in [1.54, 1.807) is 11.0 Å². The molecule has 1 unspecified atom stereocenters. The van der Waals surface area contributed by atoms with Crippen molar-refractivity contribution in [1.29, 1.82) is 0 Å². The van der Waals surface area contributed by atoms with Gasteiger partial charge in [-0.2, -0.15) is 0 Å². The highest BCUT2D eigenvalue weighted by molar-refractivity contribution is 9.10. The van der Waals surface area contributed by atoms with Gasteiger partial charge in [0.1, 0.15) is 5.75 Å². The smallest absolute Gasteiger partial charge is 0.264 e. The van der Waals surface area contributed by atoms with E-state index in [9.17, 15) is 9.59 Å². The Hall–Kier alpha value is -1.27. The fourth-order valence-corrected chi connectivity index (χ4v) is 3.99. The van der Waals surface area contributed by atoms with Crippen LogP contribution >= 0.6 is 27.5 Å². The third-order valence-electron chi connectivity index (χ3n) is 4.27. The van der Waals surface area contributed by atoms with Gasteiger partial charge in [-0.15, -0.1) is 0 Å². The van der Waals surface area contributed by atoms with Gasteiger partial charge in [0.05, 0.1) is 4.47 Å². The fourth-order valence-electron chi connectivity index (χ4n) is 3.02. The highest BCUT2D eigenvalue weighted by Gasteiger charge is 2.35. The number of halogens is 2. The summed E-state index contributed by atoms with van der Waals surface area (Å²) in [4.78, 5) is 28.0.